The summed E-state index contributed by atoms with van der Waals surface area (Å²) in [6, 6.07) is 1.40. The second-order valence-electron chi connectivity index (χ2n) is 2.87. The van der Waals surface area contributed by atoms with Crippen LogP contribution in [0.1, 0.15) is 16.2 Å². The topological polar surface area (TPSA) is 34.9 Å². The number of carbonyl (C=O) groups excluding carboxylic acids is 1. The molecule has 1 aliphatic heterocycles. The molecule has 0 fully saturated rings. The highest BCUT2D eigenvalue weighted by atomic mass is 19.3. The third-order valence-corrected chi connectivity index (χ3v) is 1.82. The average Bonchev–Trinajstić information content (AvgIpc) is 2.40. The van der Waals surface area contributed by atoms with Crippen molar-refractivity contribution in [2.75, 3.05) is 0 Å². The molecule has 0 N–H and O–H groups in total. The monoisotopic (exact) mass is 172 g/mol. The van der Waals surface area contributed by atoms with Crippen molar-refractivity contribution >= 4 is 6.29 Å². The van der Waals surface area contributed by atoms with Crippen molar-refractivity contribution in [1.29, 1.82) is 0 Å². The molecule has 0 aliphatic carbocycles. The molecule has 1 aliphatic rings. The van der Waals surface area contributed by atoms with E-state index in [1.807, 2.05) is 0 Å². The quantitative estimate of drug-likeness (QED) is 0.589. The Labute approximate surface area is 67.0 Å². The zero-order valence-electron chi connectivity index (χ0n) is 6.13. The third-order valence-electron chi connectivity index (χ3n) is 1.82. The Hall–Kier alpha value is -1.26. The summed E-state index contributed by atoms with van der Waals surface area (Å²) in [5.41, 5.74) is 0.655. The van der Waals surface area contributed by atoms with Crippen molar-refractivity contribution in [3.8, 4) is 0 Å². The van der Waals surface area contributed by atoms with Gasteiger partial charge in [0.1, 0.15) is 12.2 Å². The molecule has 1 aromatic heterocycles. The lowest BCUT2D eigenvalue weighted by atomic mass is 10.2. The van der Waals surface area contributed by atoms with Crippen LogP contribution in [-0.2, 0) is 13.0 Å². The lowest BCUT2D eigenvalue weighted by molar-refractivity contribution is 0.000883. The lowest BCUT2D eigenvalue weighted by Crippen LogP contribution is -2.17. The molecule has 2 rings (SSSR count). The number of nitrogens with zero attached hydrogens (tertiary/aromatic N) is 2. The average molecular weight is 172 g/mol. The second-order valence-corrected chi connectivity index (χ2v) is 2.87. The van der Waals surface area contributed by atoms with Crippen LogP contribution in [0.15, 0.2) is 6.07 Å². The Kier molecular flexibility index (Phi) is 1.31. The molecular formula is C7H6F2N2O. The maximum absolute atomic E-state index is 12.7. The number of rotatable bonds is 1. The van der Waals surface area contributed by atoms with Gasteiger partial charge in [0, 0.05) is 5.69 Å². The van der Waals surface area contributed by atoms with E-state index < -0.39 is 12.5 Å². The van der Waals surface area contributed by atoms with Crippen LogP contribution in [-0.4, -0.2) is 22.0 Å². The smallest absolute Gasteiger partial charge is 0.272 e. The first kappa shape index (κ1) is 7.39. The molecule has 0 bridgehead atoms. The molecule has 64 valence electrons. The Morgan fingerprint density at radius 1 is 1.67 bits per heavy atom. The summed E-state index contributed by atoms with van der Waals surface area (Å²) < 4.78 is 26.5. The van der Waals surface area contributed by atoms with E-state index in [0.717, 1.165) is 0 Å². The van der Waals surface area contributed by atoms with Gasteiger partial charge in [-0.05, 0) is 6.07 Å². The van der Waals surface area contributed by atoms with Gasteiger partial charge in [0.25, 0.3) is 5.92 Å². The minimum Gasteiger partial charge on any atom is -0.296 e. The van der Waals surface area contributed by atoms with Gasteiger partial charge in [-0.2, -0.15) is 5.10 Å². The maximum atomic E-state index is 12.7. The molecule has 0 radical (unpaired) electrons. The Balaban J connectivity index is 2.35. The van der Waals surface area contributed by atoms with Crippen LogP contribution in [0, 0.1) is 0 Å². The fraction of sp³-hybridized carbons (Fsp3) is 0.429. The molecule has 12 heavy (non-hydrogen) atoms. The van der Waals surface area contributed by atoms with Gasteiger partial charge < -0.3 is 0 Å². The SMILES string of the molecule is O=Cc1cc2n(n1)CC(F)(F)C2. The van der Waals surface area contributed by atoms with Crippen LogP contribution in [0.25, 0.3) is 0 Å². The molecule has 1 aromatic rings. The number of halogens is 2. The highest BCUT2D eigenvalue weighted by Gasteiger charge is 2.38. The van der Waals surface area contributed by atoms with Crippen molar-refractivity contribution in [2.45, 2.75) is 18.9 Å². The van der Waals surface area contributed by atoms with E-state index in [0.29, 0.717) is 12.0 Å². The molecule has 0 amide bonds. The molecular weight excluding hydrogens is 166 g/mol. The van der Waals surface area contributed by atoms with Gasteiger partial charge in [-0.3, -0.25) is 9.48 Å². The molecule has 3 nitrogen and oxygen atoms in total. The predicted octanol–water partition coefficient (Wildman–Crippen LogP) is 0.887. The van der Waals surface area contributed by atoms with E-state index in [1.165, 1.54) is 10.7 Å². The Bertz CT molecular complexity index is 307. The number of carbonyl (C=O) groups is 1. The molecule has 0 saturated carbocycles. The number of aromatic nitrogens is 2. The van der Waals surface area contributed by atoms with Crippen LogP contribution in [0.5, 0.6) is 0 Å². The summed E-state index contributed by atoms with van der Waals surface area (Å²) in [6.45, 7) is -0.407. The van der Waals surface area contributed by atoms with E-state index in [9.17, 15) is 13.6 Å². The van der Waals surface area contributed by atoms with E-state index in [2.05, 4.69) is 5.10 Å². The molecule has 0 unspecified atom stereocenters. The zero-order valence-corrected chi connectivity index (χ0v) is 6.13. The minimum atomic E-state index is -2.69. The third kappa shape index (κ3) is 1.01. The first-order valence-electron chi connectivity index (χ1n) is 3.50. The number of aldehydes is 1. The number of hydrogen-bond acceptors (Lipinski definition) is 2. The van der Waals surface area contributed by atoms with E-state index in [-0.39, 0.29) is 12.1 Å². The van der Waals surface area contributed by atoms with Crippen LogP contribution in [0.2, 0.25) is 0 Å². The normalized spacial score (nSPS) is 19.2. The maximum Gasteiger partial charge on any atom is 0.272 e. The number of hydrogen-bond donors (Lipinski definition) is 0. The van der Waals surface area contributed by atoms with E-state index >= 15 is 0 Å². The van der Waals surface area contributed by atoms with Crippen molar-refractivity contribution in [1.82, 2.24) is 9.78 Å². The van der Waals surface area contributed by atoms with Crippen molar-refractivity contribution in [3.05, 3.63) is 17.5 Å². The van der Waals surface area contributed by atoms with Gasteiger partial charge >= 0.3 is 0 Å². The van der Waals surface area contributed by atoms with Gasteiger partial charge in [-0.15, -0.1) is 0 Å². The molecule has 0 spiro atoms. The van der Waals surface area contributed by atoms with E-state index in [1.54, 1.807) is 0 Å². The highest BCUT2D eigenvalue weighted by Crippen LogP contribution is 2.29. The summed E-state index contributed by atoms with van der Waals surface area (Å²) in [4.78, 5) is 10.2. The van der Waals surface area contributed by atoms with Gasteiger partial charge in [0.2, 0.25) is 0 Å². The van der Waals surface area contributed by atoms with Gasteiger partial charge in [-0.1, -0.05) is 0 Å². The lowest BCUT2D eigenvalue weighted by Gasteiger charge is -2.04. The minimum absolute atomic E-state index is 0.223. The van der Waals surface area contributed by atoms with E-state index in [4.69, 9.17) is 0 Å². The first-order chi connectivity index (χ1) is 5.61. The Morgan fingerprint density at radius 2 is 2.42 bits per heavy atom. The number of alkyl halides is 2. The predicted molar refractivity (Wildman–Crippen MR) is 36.3 cm³/mol. The zero-order chi connectivity index (χ0) is 8.77. The van der Waals surface area contributed by atoms with Gasteiger partial charge in [0.15, 0.2) is 6.29 Å². The standard InChI is InChI=1S/C7H6F2N2O/c8-7(9)2-6-1-5(3-12)10-11(6)4-7/h1,3H,2,4H2. The molecule has 0 saturated heterocycles. The fourth-order valence-corrected chi connectivity index (χ4v) is 1.35. The molecule has 5 heteroatoms. The summed E-state index contributed by atoms with van der Waals surface area (Å²) >= 11 is 0. The van der Waals surface area contributed by atoms with Crippen LogP contribution >= 0.6 is 0 Å². The second kappa shape index (κ2) is 2.12. The van der Waals surface area contributed by atoms with Crippen molar-refractivity contribution in [2.24, 2.45) is 0 Å². The summed E-state index contributed by atoms with van der Waals surface area (Å²) in [7, 11) is 0. The highest BCUT2D eigenvalue weighted by molar-refractivity contribution is 5.71. The van der Waals surface area contributed by atoms with Gasteiger partial charge in [-0.25, -0.2) is 8.78 Å². The first-order valence-corrected chi connectivity index (χ1v) is 3.50. The molecule has 0 aromatic carbocycles. The summed E-state index contributed by atoms with van der Waals surface area (Å²) in [6.07, 6.45) is 0.247. The molecule has 0 atom stereocenters. The summed E-state index contributed by atoms with van der Waals surface area (Å²) in [5.74, 6) is -2.69. The van der Waals surface area contributed by atoms with Crippen LogP contribution < -0.4 is 0 Å². The van der Waals surface area contributed by atoms with Crippen molar-refractivity contribution < 1.29 is 13.6 Å². The Morgan fingerprint density at radius 3 is 3.00 bits per heavy atom. The van der Waals surface area contributed by atoms with Gasteiger partial charge in [0.05, 0.1) is 6.42 Å². The summed E-state index contributed by atoms with van der Waals surface area (Å²) in [5, 5.41) is 3.67. The number of fused-ring (bicyclic) bond motifs is 1. The van der Waals surface area contributed by atoms with Crippen LogP contribution in [0.3, 0.4) is 0 Å². The largest absolute Gasteiger partial charge is 0.296 e. The molecule has 2 heterocycles. The van der Waals surface area contributed by atoms with Crippen molar-refractivity contribution in [3.63, 3.8) is 0 Å². The fourth-order valence-electron chi connectivity index (χ4n) is 1.35. The van der Waals surface area contributed by atoms with Crippen LogP contribution in [0.4, 0.5) is 8.78 Å².